The first-order valence-corrected chi connectivity index (χ1v) is 10.2. The molecule has 0 atom stereocenters. The fraction of sp³-hybridized carbons (Fsp3) is 0.240. The quantitative estimate of drug-likeness (QED) is 0.593. The number of hydrogen-bond acceptors (Lipinski definition) is 4. The minimum absolute atomic E-state index is 0. The number of nitrogens with one attached hydrogen (secondary N) is 1. The van der Waals surface area contributed by atoms with E-state index < -0.39 is 11.2 Å². The number of rotatable bonds is 5. The van der Waals surface area contributed by atoms with Crippen LogP contribution in [0.3, 0.4) is 0 Å². The molecule has 0 saturated heterocycles. The smallest absolute Gasteiger partial charge is 0.235 e. The molecule has 0 spiro atoms. The lowest BCUT2D eigenvalue weighted by Crippen LogP contribution is -2.28. The number of ether oxygens (including phenoxy) is 2. The molecule has 0 aromatic heterocycles. The van der Waals surface area contributed by atoms with Crippen LogP contribution in [0.15, 0.2) is 54.6 Å². The zero-order chi connectivity index (χ0) is 21.6. The van der Waals surface area contributed by atoms with Crippen molar-refractivity contribution in [1.82, 2.24) is 0 Å². The average molecular weight is 423 g/mol. The molecule has 1 saturated carbocycles. The molecule has 1 amide bonds. The van der Waals surface area contributed by atoms with E-state index in [4.69, 9.17) is 9.47 Å². The van der Waals surface area contributed by atoms with E-state index in [2.05, 4.69) is 5.32 Å². The summed E-state index contributed by atoms with van der Waals surface area (Å²) in [4.78, 5) is 13.2. The summed E-state index contributed by atoms with van der Waals surface area (Å²) in [5, 5.41) is 12.2. The Kier molecular flexibility index (Phi) is 4.67. The van der Waals surface area contributed by atoms with E-state index in [0.717, 1.165) is 27.8 Å². The molecule has 1 heterocycles. The lowest BCUT2D eigenvalue weighted by Gasteiger charge is -2.18. The highest BCUT2D eigenvalue weighted by Gasteiger charge is 2.51. The lowest BCUT2D eigenvalue weighted by molar-refractivity contribution is -0.118. The zero-order valence-electron chi connectivity index (χ0n) is 17.1. The Labute approximate surface area is 182 Å². The van der Waals surface area contributed by atoms with Gasteiger partial charge < -0.3 is 19.9 Å². The van der Waals surface area contributed by atoms with Crippen molar-refractivity contribution in [2.75, 3.05) is 12.1 Å². The molecule has 5 nitrogen and oxygen atoms in total. The minimum atomic E-state index is -0.685. The minimum Gasteiger partial charge on any atom is -0.454 e. The summed E-state index contributed by atoms with van der Waals surface area (Å²) in [6, 6.07) is 16.0. The highest BCUT2D eigenvalue weighted by atomic mass is 19.1. The number of halogens is 1. The number of fused-ring (bicyclic) bond motifs is 1. The summed E-state index contributed by atoms with van der Waals surface area (Å²) in [7, 11) is 0. The van der Waals surface area contributed by atoms with E-state index in [1.807, 2.05) is 49.4 Å². The number of benzene rings is 3. The number of aryl methyl sites for hydroxylation is 1. The van der Waals surface area contributed by atoms with Crippen LogP contribution in [0.1, 0.15) is 32.4 Å². The second kappa shape index (κ2) is 7.39. The summed E-state index contributed by atoms with van der Waals surface area (Å²) in [6.07, 6.45) is 1.38. The fourth-order valence-electron chi connectivity index (χ4n) is 4.12. The molecule has 3 aromatic rings. The Balaban J connectivity index is 0.00000153. The predicted molar refractivity (Wildman–Crippen MR) is 119 cm³/mol. The van der Waals surface area contributed by atoms with Gasteiger partial charge in [0.25, 0.3) is 0 Å². The van der Waals surface area contributed by atoms with Crippen molar-refractivity contribution in [3.63, 3.8) is 0 Å². The summed E-state index contributed by atoms with van der Waals surface area (Å²) in [6.45, 7) is 1.92. The number of aliphatic hydroxyl groups excluding tert-OH is 1. The number of amides is 1. The molecule has 1 fully saturated rings. The maximum Gasteiger partial charge on any atom is 0.235 e. The van der Waals surface area contributed by atoms with Crippen LogP contribution in [0.5, 0.6) is 11.5 Å². The van der Waals surface area contributed by atoms with Crippen LogP contribution >= 0.6 is 0 Å². The van der Waals surface area contributed by atoms with Crippen LogP contribution in [0.2, 0.25) is 0 Å². The molecule has 1 aliphatic carbocycles. The average Bonchev–Trinajstić information content (AvgIpc) is 3.46. The largest absolute Gasteiger partial charge is 0.454 e. The third kappa shape index (κ3) is 3.43. The molecule has 0 radical (unpaired) electrons. The Bertz CT molecular complexity index is 1200. The molecule has 3 aromatic carbocycles. The molecule has 162 valence electrons. The second-order valence-corrected chi connectivity index (χ2v) is 8.11. The Morgan fingerprint density at radius 2 is 1.94 bits per heavy atom. The van der Waals surface area contributed by atoms with Crippen LogP contribution in [0.25, 0.3) is 11.1 Å². The van der Waals surface area contributed by atoms with Crippen LogP contribution in [0.4, 0.5) is 10.1 Å². The summed E-state index contributed by atoms with van der Waals surface area (Å²) >= 11 is 0. The number of hydrogen-bond donors (Lipinski definition) is 2. The third-order valence-electron chi connectivity index (χ3n) is 6.09. The highest BCUT2D eigenvalue weighted by Crippen LogP contribution is 2.51. The summed E-state index contributed by atoms with van der Waals surface area (Å²) < 4.78 is 25.5. The normalized spacial score (nSPS) is 15.6. The number of anilines is 1. The first-order valence-electron chi connectivity index (χ1n) is 10.2. The molecule has 5 rings (SSSR count). The van der Waals surface area contributed by atoms with Crippen molar-refractivity contribution in [3.8, 4) is 22.6 Å². The van der Waals surface area contributed by atoms with E-state index in [-0.39, 0.29) is 27.8 Å². The topological polar surface area (TPSA) is 67.8 Å². The maximum atomic E-state index is 14.8. The van der Waals surface area contributed by atoms with E-state index in [1.54, 1.807) is 6.07 Å². The van der Waals surface area contributed by atoms with Crippen molar-refractivity contribution in [2.24, 2.45) is 0 Å². The van der Waals surface area contributed by atoms with Crippen LogP contribution in [-0.4, -0.2) is 17.8 Å². The number of carbonyl (C=O) groups excluding carboxylic acids is 1. The molecule has 2 aliphatic rings. The Hall–Kier alpha value is -3.38. The van der Waals surface area contributed by atoms with Gasteiger partial charge in [0.1, 0.15) is 5.82 Å². The number of aliphatic hydroxyl groups is 1. The van der Waals surface area contributed by atoms with E-state index >= 15 is 0 Å². The SMILES string of the molecule is Cc1cc(F)c(NC(=O)C2(c3ccc4c(c3)OCO4)CC2)cc1-c1cccc(CO)c1.[HH].[HH]. The zero-order valence-corrected chi connectivity index (χ0v) is 17.1. The van der Waals surface area contributed by atoms with Gasteiger partial charge in [0.05, 0.1) is 17.7 Å². The van der Waals surface area contributed by atoms with Crippen molar-refractivity contribution in [2.45, 2.75) is 31.8 Å². The van der Waals surface area contributed by atoms with Gasteiger partial charge in [-0.2, -0.15) is 0 Å². The molecular weight excluding hydrogens is 397 g/mol. The van der Waals surface area contributed by atoms with Gasteiger partial charge in [-0.15, -0.1) is 0 Å². The second-order valence-electron chi connectivity index (χ2n) is 8.11. The van der Waals surface area contributed by atoms with E-state index in [0.29, 0.717) is 24.3 Å². The van der Waals surface area contributed by atoms with Gasteiger partial charge in [-0.25, -0.2) is 4.39 Å². The van der Waals surface area contributed by atoms with Gasteiger partial charge in [-0.3, -0.25) is 4.79 Å². The van der Waals surface area contributed by atoms with Crippen molar-refractivity contribution in [3.05, 3.63) is 77.1 Å². The first kappa shape index (κ1) is 19.6. The molecule has 6 heteroatoms. The summed E-state index contributed by atoms with van der Waals surface area (Å²) in [5.74, 6) is 0.585. The molecular formula is C25H26FNO4. The molecule has 31 heavy (non-hydrogen) atoms. The fourth-order valence-corrected chi connectivity index (χ4v) is 4.12. The monoisotopic (exact) mass is 423 g/mol. The third-order valence-corrected chi connectivity index (χ3v) is 6.09. The van der Waals surface area contributed by atoms with Gasteiger partial charge in [-0.05, 0) is 77.9 Å². The Morgan fingerprint density at radius 1 is 1.13 bits per heavy atom. The number of carbonyl (C=O) groups is 1. The van der Waals surface area contributed by atoms with Gasteiger partial charge in [-0.1, -0.05) is 24.3 Å². The van der Waals surface area contributed by atoms with Crippen LogP contribution in [0, 0.1) is 12.7 Å². The first-order chi connectivity index (χ1) is 15.0. The summed E-state index contributed by atoms with van der Waals surface area (Å²) in [5.41, 5.74) is 3.49. The van der Waals surface area contributed by atoms with Crippen molar-refractivity contribution in [1.29, 1.82) is 0 Å². The van der Waals surface area contributed by atoms with Crippen LogP contribution < -0.4 is 14.8 Å². The van der Waals surface area contributed by atoms with E-state index in [1.165, 1.54) is 6.07 Å². The van der Waals surface area contributed by atoms with Gasteiger partial charge in [0, 0.05) is 2.85 Å². The molecule has 1 aliphatic heterocycles. The molecule has 2 N–H and O–H groups in total. The molecule has 0 bridgehead atoms. The maximum absolute atomic E-state index is 14.8. The lowest BCUT2D eigenvalue weighted by atomic mass is 9.94. The van der Waals surface area contributed by atoms with Crippen molar-refractivity contribution >= 4 is 11.6 Å². The van der Waals surface area contributed by atoms with Gasteiger partial charge >= 0.3 is 0 Å². The predicted octanol–water partition coefficient (Wildman–Crippen LogP) is 5.18. The Morgan fingerprint density at radius 3 is 2.71 bits per heavy atom. The van der Waals surface area contributed by atoms with Gasteiger partial charge in [0.15, 0.2) is 11.5 Å². The highest BCUT2D eigenvalue weighted by molar-refractivity contribution is 6.02. The standard InChI is InChI=1S/C25H22FNO4.2H2/c1-15-9-20(26)21(12-19(15)17-4-2-3-16(10-17)13-28)27-24(29)25(7-8-25)18-5-6-22-23(11-18)31-14-30-22;;/h2-6,9-12,28H,7-8,13-14H2,1H3,(H,27,29);2*1H. The van der Waals surface area contributed by atoms with E-state index in [9.17, 15) is 14.3 Å². The van der Waals surface area contributed by atoms with Gasteiger partial charge in [0.2, 0.25) is 12.7 Å². The molecule has 0 unspecified atom stereocenters. The van der Waals surface area contributed by atoms with Crippen LogP contribution in [-0.2, 0) is 16.8 Å². The van der Waals surface area contributed by atoms with Crippen molar-refractivity contribution < 1.29 is 26.6 Å².